The van der Waals surface area contributed by atoms with Crippen molar-refractivity contribution in [2.75, 3.05) is 7.05 Å². The first kappa shape index (κ1) is 18.0. The molecular weight excluding hydrogens is 242 g/mol. The minimum absolute atomic E-state index is 0.785. The van der Waals surface area contributed by atoms with Crippen molar-refractivity contribution in [1.29, 1.82) is 0 Å². The first-order chi connectivity index (χ1) is 9.86. The molecular formula is C19H39N. The highest BCUT2D eigenvalue weighted by Gasteiger charge is 2.15. The number of rotatable bonds is 12. The molecule has 0 saturated heterocycles. The first-order valence-corrected chi connectivity index (χ1v) is 9.54. The van der Waals surface area contributed by atoms with Crippen LogP contribution in [0.3, 0.4) is 0 Å². The molecule has 0 spiro atoms. The first-order valence-electron chi connectivity index (χ1n) is 9.54. The molecule has 120 valence electrons. The van der Waals surface area contributed by atoms with Crippen LogP contribution in [0.5, 0.6) is 0 Å². The van der Waals surface area contributed by atoms with E-state index in [1.807, 2.05) is 0 Å². The summed E-state index contributed by atoms with van der Waals surface area (Å²) >= 11 is 0. The average molecular weight is 282 g/mol. The molecule has 1 N–H and O–H groups in total. The maximum atomic E-state index is 3.55. The van der Waals surface area contributed by atoms with Crippen molar-refractivity contribution in [1.82, 2.24) is 5.32 Å². The largest absolute Gasteiger partial charge is 0.317 e. The van der Waals surface area contributed by atoms with Crippen LogP contribution in [0.25, 0.3) is 0 Å². The van der Waals surface area contributed by atoms with Crippen LogP contribution in [-0.4, -0.2) is 13.1 Å². The smallest absolute Gasteiger partial charge is 0.00641 e. The number of nitrogens with one attached hydrogen (secondary N) is 1. The zero-order valence-electron chi connectivity index (χ0n) is 14.3. The van der Waals surface area contributed by atoms with Gasteiger partial charge in [-0.05, 0) is 32.2 Å². The van der Waals surface area contributed by atoms with Gasteiger partial charge in [0.15, 0.2) is 0 Å². The van der Waals surface area contributed by atoms with Gasteiger partial charge in [0.2, 0.25) is 0 Å². The standard InChI is InChI=1S/C19H39N/c1-3-4-5-6-7-8-12-15-19(20-2)17-16-18-13-10-9-11-14-18/h18-20H,3-17H2,1-2H3. The molecule has 1 saturated carbocycles. The molecule has 0 amide bonds. The number of unbranched alkanes of at least 4 members (excludes halogenated alkanes) is 6. The summed E-state index contributed by atoms with van der Waals surface area (Å²) in [7, 11) is 2.16. The van der Waals surface area contributed by atoms with Gasteiger partial charge < -0.3 is 5.32 Å². The lowest BCUT2D eigenvalue weighted by Crippen LogP contribution is -2.26. The fraction of sp³-hybridized carbons (Fsp3) is 1.00. The molecule has 1 rings (SSSR count). The predicted octanol–water partition coefficient (Wildman–Crippen LogP) is 6.08. The minimum atomic E-state index is 0.785. The van der Waals surface area contributed by atoms with Crippen LogP contribution in [0.2, 0.25) is 0 Å². The Kier molecular flexibility index (Phi) is 11.4. The van der Waals surface area contributed by atoms with E-state index >= 15 is 0 Å². The van der Waals surface area contributed by atoms with Gasteiger partial charge in [-0.2, -0.15) is 0 Å². The predicted molar refractivity (Wildman–Crippen MR) is 91.3 cm³/mol. The van der Waals surface area contributed by atoms with E-state index in [1.165, 1.54) is 96.3 Å². The highest BCUT2D eigenvalue weighted by Crippen LogP contribution is 2.28. The van der Waals surface area contributed by atoms with Crippen LogP contribution < -0.4 is 5.32 Å². The van der Waals surface area contributed by atoms with Gasteiger partial charge in [-0.15, -0.1) is 0 Å². The molecule has 1 aliphatic rings. The third kappa shape index (κ3) is 9.00. The van der Waals surface area contributed by atoms with Gasteiger partial charge in [0.25, 0.3) is 0 Å². The molecule has 1 aliphatic carbocycles. The third-order valence-corrected chi connectivity index (χ3v) is 5.21. The summed E-state index contributed by atoms with van der Waals surface area (Å²) in [5.41, 5.74) is 0. The molecule has 0 aliphatic heterocycles. The van der Waals surface area contributed by atoms with Crippen LogP contribution in [0.1, 0.15) is 103 Å². The second-order valence-electron chi connectivity index (χ2n) is 6.98. The molecule has 0 radical (unpaired) electrons. The molecule has 1 nitrogen and oxygen atoms in total. The molecule has 1 fully saturated rings. The van der Waals surface area contributed by atoms with E-state index in [9.17, 15) is 0 Å². The van der Waals surface area contributed by atoms with Gasteiger partial charge in [0.05, 0.1) is 0 Å². The van der Waals surface area contributed by atoms with Crippen molar-refractivity contribution in [3.8, 4) is 0 Å². The molecule has 0 bridgehead atoms. The lowest BCUT2D eigenvalue weighted by molar-refractivity contribution is 0.310. The Morgan fingerprint density at radius 2 is 1.50 bits per heavy atom. The summed E-state index contributed by atoms with van der Waals surface area (Å²) in [6, 6.07) is 0.785. The number of hydrogen-bond acceptors (Lipinski definition) is 1. The van der Waals surface area contributed by atoms with Crippen molar-refractivity contribution in [2.24, 2.45) is 5.92 Å². The van der Waals surface area contributed by atoms with Gasteiger partial charge in [0.1, 0.15) is 0 Å². The Balaban J connectivity index is 1.95. The fourth-order valence-corrected chi connectivity index (χ4v) is 3.69. The Bertz CT molecular complexity index is 196. The van der Waals surface area contributed by atoms with Crippen LogP contribution >= 0.6 is 0 Å². The van der Waals surface area contributed by atoms with Gasteiger partial charge >= 0.3 is 0 Å². The van der Waals surface area contributed by atoms with Crippen molar-refractivity contribution >= 4 is 0 Å². The van der Waals surface area contributed by atoms with E-state index in [2.05, 4.69) is 19.3 Å². The van der Waals surface area contributed by atoms with Gasteiger partial charge in [-0.1, -0.05) is 84.0 Å². The monoisotopic (exact) mass is 281 g/mol. The Labute approximate surface area is 128 Å². The summed E-state index contributed by atoms with van der Waals surface area (Å²) in [4.78, 5) is 0. The number of hydrogen-bond donors (Lipinski definition) is 1. The molecule has 1 unspecified atom stereocenters. The van der Waals surface area contributed by atoms with Gasteiger partial charge in [-0.25, -0.2) is 0 Å². The van der Waals surface area contributed by atoms with E-state index in [4.69, 9.17) is 0 Å². The SMILES string of the molecule is CCCCCCCCCC(CCC1CCCCC1)NC. The summed E-state index contributed by atoms with van der Waals surface area (Å²) in [5, 5.41) is 3.55. The van der Waals surface area contributed by atoms with Crippen LogP contribution in [0.4, 0.5) is 0 Å². The van der Waals surface area contributed by atoms with Crippen LogP contribution in [0.15, 0.2) is 0 Å². The third-order valence-electron chi connectivity index (χ3n) is 5.21. The van der Waals surface area contributed by atoms with Crippen molar-refractivity contribution in [3.63, 3.8) is 0 Å². The summed E-state index contributed by atoms with van der Waals surface area (Å²) in [6.07, 6.45) is 21.8. The average Bonchev–Trinajstić information content (AvgIpc) is 2.50. The van der Waals surface area contributed by atoms with E-state index in [-0.39, 0.29) is 0 Å². The van der Waals surface area contributed by atoms with Crippen LogP contribution in [0, 0.1) is 5.92 Å². The summed E-state index contributed by atoms with van der Waals surface area (Å²) in [6.45, 7) is 2.30. The molecule has 1 heteroatoms. The maximum absolute atomic E-state index is 3.55. The van der Waals surface area contributed by atoms with Gasteiger partial charge in [0, 0.05) is 6.04 Å². The van der Waals surface area contributed by atoms with E-state index in [0.717, 1.165) is 12.0 Å². The zero-order chi connectivity index (χ0) is 14.5. The van der Waals surface area contributed by atoms with Crippen molar-refractivity contribution in [3.05, 3.63) is 0 Å². The highest BCUT2D eigenvalue weighted by atomic mass is 14.9. The maximum Gasteiger partial charge on any atom is 0.00641 e. The Morgan fingerprint density at radius 3 is 2.15 bits per heavy atom. The molecule has 0 aromatic carbocycles. The second kappa shape index (κ2) is 12.7. The fourth-order valence-electron chi connectivity index (χ4n) is 3.69. The van der Waals surface area contributed by atoms with Crippen LogP contribution in [-0.2, 0) is 0 Å². The van der Waals surface area contributed by atoms with E-state index in [1.54, 1.807) is 0 Å². The van der Waals surface area contributed by atoms with Crippen molar-refractivity contribution < 1.29 is 0 Å². The lowest BCUT2D eigenvalue weighted by Gasteiger charge is -2.24. The van der Waals surface area contributed by atoms with Crippen molar-refractivity contribution in [2.45, 2.75) is 109 Å². The molecule has 1 atom stereocenters. The summed E-state index contributed by atoms with van der Waals surface area (Å²) < 4.78 is 0. The Hall–Kier alpha value is -0.0400. The molecule has 0 heterocycles. The topological polar surface area (TPSA) is 12.0 Å². The minimum Gasteiger partial charge on any atom is -0.317 e. The summed E-state index contributed by atoms with van der Waals surface area (Å²) in [5.74, 6) is 1.05. The second-order valence-corrected chi connectivity index (χ2v) is 6.98. The molecule has 0 aromatic rings. The molecule has 0 aromatic heterocycles. The van der Waals surface area contributed by atoms with Gasteiger partial charge in [-0.3, -0.25) is 0 Å². The molecule has 20 heavy (non-hydrogen) atoms. The lowest BCUT2D eigenvalue weighted by atomic mass is 9.85. The Morgan fingerprint density at radius 1 is 0.850 bits per heavy atom. The highest BCUT2D eigenvalue weighted by molar-refractivity contribution is 4.71. The normalized spacial score (nSPS) is 18.3. The quantitative estimate of drug-likeness (QED) is 0.428. The van der Waals surface area contributed by atoms with E-state index < -0.39 is 0 Å². The zero-order valence-corrected chi connectivity index (χ0v) is 14.3. The van der Waals surface area contributed by atoms with E-state index in [0.29, 0.717) is 0 Å².